The van der Waals surface area contributed by atoms with E-state index >= 15 is 0 Å². The van der Waals surface area contributed by atoms with Crippen molar-refractivity contribution < 1.29 is 19.7 Å². The van der Waals surface area contributed by atoms with Gasteiger partial charge in [0.2, 0.25) is 0 Å². The molecule has 3 N–H and O–H groups in total. The van der Waals surface area contributed by atoms with Gasteiger partial charge in [-0.05, 0) is 62.8 Å². The maximum absolute atomic E-state index is 10.5. The molecule has 3 rings (SSSR count). The summed E-state index contributed by atoms with van der Waals surface area (Å²) in [6.07, 6.45) is 5.43. The summed E-state index contributed by atoms with van der Waals surface area (Å²) in [5.74, 6) is 1.07. The molecule has 2 aromatic heterocycles. The minimum Gasteiger partial charge on any atom is -0.463 e. The molecule has 2 heterocycles. The molecule has 1 fully saturated rings. The Bertz CT molecular complexity index is 722. The maximum atomic E-state index is 10.5. The number of hydrogen-bond donors (Lipinski definition) is 3. The van der Waals surface area contributed by atoms with Gasteiger partial charge in [0.15, 0.2) is 0 Å². The summed E-state index contributed by atoms with van der Waals surface area (Å²) in [5.41, 5.74) is 0. The number of hydrogen-bond acceptors (Lipinski definition) is 5. The van der Waals surface area contributed by atoms with Crippen molar-refractivity contribution in [3.05, 3.63) is 45.5 Å². The lowest BCUT2D eigenvalue weighted by molar-refractivity contribution is 0.114. The van der Waals surface area contributed by atoms with E-state index < -0.39 is 18.3 Å². The number of aliphatic hydroxyl groups is 3. The number of aliphatic hydroxyl groups excluding tert-OH is 3. The molecule has 3 unspecified atom stereocenters. The fourth-order valence-corrected chi connectivity index (χ4v) is 5.39. The van der Waals surface area contributed by atoms with Crippen LogP contribution in [0.25, 0.3) is 0 Å². The van der Waals surface area contributed by atoms with Gasteiger partial charge < -0.3 is 19.7 Å². The van der Waals surface area contributed by atoms with E-state index in [0.717, 1.165) is 38.5 Å². The van der Waals surface area contributed by atoms with Crippen molar-refractivity contribution in [3.8, 4) is 0 Å². The van der Waals surface area contributed by atoms with Crippen molar-refractivity contribution in [1.82, 2.24) is 0 Å². The van der Waals surface area contributed by atoms with E-state index in [2.05, 4.69) is 26.0 Å². The van der Waals surface area contributed by atoms with Crippen molar-refractivity contribution in [2.45, 2.75) is 89.4 Å². The maximum Gasteiger partial charge on any atom is 0.132 e. The Kier molecular flexibility index (Phi) is 7.75. The lowest BCUT2D eigenvalue weighted by atomic mass is 9.87. The van der Waals surface area contributed by atoms with Crippen LogP contribution in [0.15, 0.2) is 28.7 Å². The van der Waals surface area contributed by atoms with E-state index in [9.17, 15) is 15.3 Å². The molecule has 1 aliphatic rings. The quantitative estimate of drug-likeness (QED) is 0.479. The minimum absolute atomic E-state index is 0.00714. The highest BCUT2D eigenvalue weighted by Crippen LogP contribution is 2.44. The molecule has 2 aromatic rings. The van der Waals surface area contributed by atoms with Gasteiger partial charge in [0.25, 0.3) is 0 Å². The van der Waals surface area contributed by atoms with E-state index in [1.807, 2.05) is 23.5 Å². The zero-order chi connectivity index (χ0) is 20.1. The fourth-order valence-electron chi connectivity index (χ4n) is 4.45. The summed E-state index contributed by atoms with van der Waals surface area (Å²) >= 11 is 1.83. The van der Waals surface area contributed by atoms with Gasteiger partial charge in [0.1, 0.15) is 17.6 Å². The molecule has 1 saturated carbocycles. The van der Waals surface area contributed by atoms with Gasteiger partial charge in [0.05, 0.1) is 12.2 Å². The normalized spacial score (nSPS) is 26.0. The van der Waals surface area contributed by atoms with Crippen molar-refractivity contribution in [2.75, 3.05) is 0 Å². The van der Waals surface area contributed by atoms with Crippen molar-refractivity contribution in [2.24, 2.45) is 5.92 Å². The number of thiophene rings is 1. The Morgan fingerprint density at radius 2 is 1.93 bits per heavy atom. The summed E-state index contributed by atoms with van der Waals surface area (Å²) < 4.78 is 5.96. The molecule has 1 aliphatic carbocycles. The van der Waals surface area contributed by atoms with Gasteiger partial charge in [-0.2, -0.15) is 0 Å². The van der Waals surface area contributed by atoms with Crippen molar-refractivity contribution in [1.29, 1.82) is 0 Å². The van der Waals surface area contributed by atoms with Crippen LogP contribution in [0.4, 0.5) is 0 Å². The van der Waals surface area contributed by atoms with Crippen molar-refractivity contribution in [3.63, 3.8) is 0 Å². The first kappa shape index (κ1) is 21.6. The number of aryl methyl sites for hydroxylation is 2. The molecular formula is C23H34O4S. The number of furan rings is 1. The van der Waals surface area contributed by atoms with Gasteiger partial charge >= 0.3 is 0 Å². The van der Waals surface area contributed by atoms with Crippen LogP contribution in [0.1, 0.15) is 85.2 Å². The summed E-state index contributed by atoms with van der Waals surface area (Å²) in [5, 5.41) is 31.4. The Morgan fingerprint density at radius 1 is 1.11 bits per heavy atom. The first-order valence-electron chi connectivity index (χ1n) is 10.7. The first-order valence-corrected chi connectivity index (χ1v) is 11.5. The molecule has 4 nitrogen and oxygen atoms in total. The van der Waals surface area contributed by atoms with Crippen LogP contribution < -0.4 is 0 Å². The summed E-state index contributed by atoms with van der Waals surface area (Å²) in [7, 11) is 0. The third kappa shape index (κ3) is 5.26. The second kappa shape index (κ2) is 10.1. The average Bonchev–Trinajstić information content (AvgIpc) is 3.35. The van der Waals surface area contributed by atoms with Gasteiger partial charge in [-0.3, -0.25) is 0 Å². The van der Waals surface area contributed by atoms with Gasteiger partial charge in [-0.1, -0.05) is 26.2 Å². The monoisotopic (exact) mass is 406 g/mol. The Morgan fingerprint density at radius 3 is 2.64 bits per heavy atom. The summed E-state index contributed by atoms with van der Waals surface area (Å²) in [4.78, 5) is 2.70. The first-order chi connectivity index (χ1) is 13.5. The molecule has 0 radical (unpaired) electrons. The van der Waals surface area contributed by atoms with Gasteiger partial charge in [-0.25, -0.2) is 0 Å². The molecule has 5 atom stereocenters. The zero-order valence-corrected chi connectivity index (χ0v) is 17.8. The lowest BCUT2D eigenvalue weighted by Crippen LogP contribution is -2.20. The Balaban J connectivity index is 1.61. The second-order valence-electron chi connectivity index (χ2n) is 8.22. The van der Waals surface area contributed by atoms with E-state index in [0.29, 0.717) is 24.4 Å². The highest BCUT2D eigenvalue weighted by molar-refractivity contribution is 7.11. The molecule has 28 heavy (non-hydrogen) atoms. The molecule has 156 valence electrons. The van der Waals surface area contributed by atoms with E-state index in [4.69, 9.17) is 4.42 Å². The van der Waals surface area contributed by atoms with Crippen LogP contribution in [0.5, 0.6) is 0 Å². The molecule has 0 aliphatic heterocycles. The third-order valence-electron chi connectivity index (χ3n) is 6.00. The minimum atomic E-state index is -0.597. The molecule has 0 aromatic carbocycles. The zero-order valence-electron chi connectivity index (χ0n) is 17.0. The molecule has 0 amide bonds. The molecule has 5 heteroatoms. The fraction of sp³-hybridized carbons (Fsp3) is 0.652. The van der Waals surface area contributed by atoms with Crippen LogP contribution in [-0.4, -0.2) is 27.5 Å². The average molecular weight is 407 g/mol. The number of unbranched alkanes of at least 4 members (excludes halogenated alkanes) is 2. The Hall–Kier alpha value is -1.14. The van der Waals surface area contributed by atoms with Crippen molar-refractivity contribution >= 4 is 11.3 Å². The van der Waals surface area contributed by atoms with E-state index in [1.54, 1.807) is 0 Å². The predicted molar refractivity (Wildman–Crippen MR) is 113 cm³/mol. The lowest BCUT2D eigenvalue weighted by Gasteiger charge is -2.22. The largest absolute Gasteiger partial charge is 0.463 e. The van der Waals surface area contributed by atoms with Crippen LogP contribution in [0, 0.1) is 12.8 Å². The standard InChI is InChI=1S/C23H34O4S/c1-3-4-5-9-18(24)21-12-13-22(27-21)23-17(19(25)14-20(23)26)8-6-7-16-11-10-15(2)28-16/h10-13,17-20,23-26H,3-9,14H2,1-2H3/t17?,18?,19-,20-,23?/m1/s1. The second-order valence-corrected chi connectivity index (χ2v) is 9.59. The highest BCUT2D eigenvalue weighted by Gasteiger charge is 2.43. The molecule has 0 saturated heterocycles. The molecule has 0 bridgehead atoms. The van der Waals surface area contributed by atoms with Gasteiger partial charge in [-0.15, -0.1) is 11.3 Å². The summed E-state index contributed by atoms with van der Waals surface area (Å²) in [6, 6.07) is 8.03. The van der Waals surface area contributed by atoms with E-state index in [1.165, 1.54) is 9.75 Å². The smallest absolute Gasteiger partial charge is 0.132 e. The highest BCUT2D eigenvalue weighted by atomic mass is 32.1. The molecule has 0 spiro atoms. The summed E-state index contributed by atoms with van der Waals surface area (Å²) in [6.45, 7) is 4.26. The van der Waals surface area contributed by atoms with Gasteiger partial charge in [0, 0.05) is 22.1 Å². The van der Waals surface area contributed by atoms with Crippen LogP contribution in [0.3, 0.4) is 0 Å². The molecular weight excluding hydrogens is 372 g/mol. The van der Waals surface area contributed by atoms with Crippen LogP contribution in [0.2, 0.25) is 0 Å². The topological polar surface area (TPSA) is 73.8 Å². The predicted octanol–water partition coefficient (Wildman–Crippen LogP) is 5.11. The SMILES string of the molecule is CCCCCC(O)c1ccc(C2C(CCCc3ccc(C)s3)[C@H](O)C[C@H]2O)o1. The third-order valence-corrected chi connectivity index (χ3v) is 7.06. The van der Waals surface area contributed by atoms with E-state index in [-0.39, 0.29) is 11.8 Å². The van der Waals surface area contributed by atoms with Crippen LogP contribution >= 0.6 is 11.3 Å². The Labute approximate surface area is 172 Å². The number of rotatable bonds is 10. The van der Waals surface area contributed by atoms with Crippen LogP contribution in [-0.2, 0) is 6.42 Å².